The van der Waals surface area contributed by atoms with Crippen molar-refractivity contribution >= 4 is 22.9 Å². The van der Waals surface area contributed by atoms with Gasteiger partial charge in [-0.1, -0.05) is 6.42 Å². The van der Waals surface area contributed by atoms with Crippen molar-refractivity contribution in [2.75, 3.05) is 64.6 Å². The van der Waals surface area contributed by atoms with Gasteiger partial charge in [-0.2, -0.15) is 0 Å². The Morgan fingerprint density at radius 1 is 1.05 bits per heavy atom. The van der Waals surface area contributed by atoms with E-state index in [9.17, 15) is 4.79 Å². The fraction of sp³-hybridized carbons (Fsp3) is 0.667. The van der Waals surface area contributed by atoms with E-state index < -0.39 is 5.60 Å². The first-order valence-corrected chi connectivity index (χ1v) is 13.3. The molecular formula is C27H41N5O5. The molecule has 2 aliphatic heterocycles. The van der Waals surface area contributed by atoms with Crippen molar-refractivity contribution in [2.45, 2.75) is 58.1 Å². The van der Waals surface area contributed by atoms with Crippen molar-refractivity contribution in [2.24, 2.45) is 0 Å². The van der Waals surface area contributed by atoms with Crippen LogP contribution in [-0.4, -0.2) is 92.3 Å². The van der Waals surface area contributed by atoms with Crippen LogP contribution in [0.2, 0.25) is 0 Å². The van der Waals surface area contributed by atoms with Crippen molar-refractivity contribution in [1.29, 1.82) is 0 Å². The Balaban J connectivity index is 1.44. The van der Waals surface area contributed by atoms with Crippen molar-refractivity contribution in [3.8, 4) is 11.5 Å². The van der Waals surface area contributed by atoms with E-state index in [1.54, 1.807) is 12.0 Å². The van der Waals surface area contributed by atoms with Gasteiger partial charge in [-0.05, 0) is 52.6 Å². The third-order valence-electron chi connectivity index (χ3n) is 6.53. The van der Waals surface area contributed by atoms with Crippen LogP contribution in [0, 0.1) is 0 Å². The molecule has 1 unspecified atom stereocenters. The van der Waals surface area contributed by atoms with Gasteiger partial charge < -0.3 is 34.1 Å². The number of piperazine rings is 1. The van der Waals surface area contributed by atoms with E-state index in [0.29, 0.717) is 69.5 Å². The number of anilines is 1. The summed E-state index contributed by atoms with van der Waals surface area (Å²) in [6.45, 7) is 10.7. The molecule has 2 fully saturated rings. The number of carbonyl (C=O) groups excluding carboxylic acids is 1. The predicted molar refractivity (Wildman–Crippen MR) is 143 cm³/mol. The molecule has 0 bridgehead atoms. The number of rotatable bonds is 9. The number of amides is 1. The zero-order valence-corrected chi connectivity index (χ0v) is 22.6. The number of benzene rings is 1. The molecule has 2 aliphatic rings. The molecule has 0 spiro atoms. The lowest BCUT2D eigenvalue weighted by Crippen LogP contribution is -2.50. The van der Waals surface area contributed by atoms with Crippen LogP contribution < -0.4 is 19.7 Å². The Bertz CT molecular complexity index is 1030. The number of piperidine rings is 1. The van der Waals surface area contributed by atoms with Crippen LogP contribution in [0.3, 0.4) is 0 Å². The Morgan fingerprint density at radius 2 is 1.81 bits per heavy atom. The summed E-state index contributed by atoms with van der Waals surface area (Å²) in [6.07, 6.45) is 6.19. The second-order valence-corrected chi connectivity index (χ2v) is 10.6. The number of hydrogen-bond donors (Lipinski definition) is 1. The van der Waals surface area contributed by atoms with E-state index in [1.165, 1.54) is 19.3 Å². The van der Waals surface area contributed by atoms with Crippen LogP contribution in [0.1, 0.15) is 46.5 Å². The first kappa shape index (κ1) is 27.2. The summed E-state index contributed by atoms with van der Waals surface area (Å²) in [4.78, 5) is 25.7. The summed E-state index contributed by atoms with van der Waals surface area (Å²) in [5.41, 5.74) is 0.290. The highest BCUT2D eigenvalue weighted by Gasteiger charge is 2.27. The fourth-order valence-electron chi connectivity index (χ4n) is 4.54. The number of fused-ring (bicyclic) bond motifs is 1. The third-order valence-corrected chi connectivity index (χ3v) is 6.53. The van der Waals surface area contributed by atoms with Crippen LogP contribution >= 0.6 is 0 Å². The van der Waals surface area contributed by atoms with Gasteiger partial charge in [0.25, 0.3) is 0 Å². The summed E-state index contributed by atoms with van der Waals surface area (Å²) in [7, 11) is 1.65. The Labute approximate surface area is 219 Å². The number of nitrogens with zero attached hydrogens (tertiary/aromatic N) is 4. The molecule has 2 saturated heterocycles. The average molecular weight is 516 g/mol. The van der Waals surface area contributed by atoms with Crippen LogP contribution in [0.15, 0.2) is 18.3 Å². The number of methoxy groups -OCH3 is 1. The lowest BCUT2D eigenvalue weighted by molar-refractivity contribution is 0.0240. The van der Waals surface area contributed by atoms with Crippen molar-refractivity contribution in [1.82, 2.24) is 20.2 Å². The van der Waals surface area contributed by atoms with Crippen LogP contribution in [0.5, 0.6) is 11.5 Å². The minimum absolute atomic E-state index is 0.280. The summed E-state index contributed by atoms with van der Waals surface area (Å²) in [5, 5.41) is 4.45. The summed E-state index contributed by atoms with van der Waals surface area (Å²) in [6, 6.07) is 4.37. The van der Waals surface area contributed by atoms with Gasteiger partial charge in [-0.15, -0.1) is 0 Å². The van der Waals surface area contributed by atoms with Crippen molar-refractivity contribution in [3.63, 3.8) is 0 Å². The van der Waals surface area contributed by atoms with Gasteiger partial charge >= 0.3 is 6.09 Å². The average Bonchev–Trinajstić information content (AvgIpc) is 2.88. The molecule has 0 aliphatic carbocycles. The summed E-state index contributed by atoms with van der Waals surface area (Å²) < 4.78 is 22.8. The quantitative estimate of drug-likeness (QED) is 0.502. The molecule has 4 rings (SSSR count). The lowest BCUT2D eigenvalue weighted by Gasteiger charge is -2.35. The normalized spacial score (nSPS) is 18.6. The number of carbonyl (C=O) groups is 1. The van der Waals surface area contributed by atoms with E-state index >= 15 is 0 Å². The van der Waals surface area contributed by atoms with E-state index in [4.69, 9.17) is 23.9 Å². The maximum absolute atomic E-state index is 12.4. The summed E-state index contributed by atoms with van der Waals surface area (Å²) in [5.74, 6) is 1.99. The van der Waals surface area contributed by atoms with Gasteiger partial charge in [0, 0.05) is 57.0 Å². The van der Waals surface area contributed by atoms with Crippen molar-refractivity contribution in [3.05, 3.63) is 18.3 Å². The van der Waals surface area contributed by atoms with E-state index in [-0.39, 0.29) is 6.09 Å². The minimum atomic E-state index is -0.505. The van der Waals surface area contributed by atoms with Gasteiger partial charge in [0.05, 0.1) is 18.7 Å². The third kappa shape index (κ3) is 7.82. The molecule has 0 radical (unpaired) electrons. The molecule has 0 saturated carbocycles. The maximum atomic E-state index is 12.4. The zero-order chi connectivity index (χ0) is 26.3. The Kier molecular flexibility index (Phi) is 9.26. The van der Waals surface area contributed by atoms with Crippen LogP contribution in [0.25, 0.3) is 10.9 Å². The molecule has 37 heavy (non-hydrogen) atoms. The van der Waals surface area contributed by atoms with Gasteiger partial charge in [0.15, 0.2) is 11.5 Å². The number of aromatic nitrogens is 2. The second kappa shape index (κ2) is 12.6. The molecular weight excluding hydrogens is 474 g/mol. The molecule has 204 valence electrons. The second-order valence-electron chi connectivity index (χ2n) is 10.6. The van der Waals surface area contributed by atoms with E-state index in [0.717, 1.165) is 23.9 Å². The number of nitrogens with one attached hydrogen (secondary N) is 1. The highest BCUT2D eigenvalue weighted by molar-refractivity contribution is 5.83. The van der Waals surface area contributed by atoms with Crippen LogP contribution in [0.4, 0.5) is 10.7 Å². The van der Waals surface area contributed by atoms with Gasteiger partial charge in [0.1, 0.15) is 12.2 Å². The van der Waals surface area contributed by atoms with E-state index in [2.05, 4.69) is 15.2 Å². The first-order chi connectivity index (χ1) is 17.8. The largest absolute Gasteiger partial charge is 0.490 e. The smallest absolute Gasteiger partial charge is 0.410 e. The molecule has 1 amide bonds. The standard InChI is InChI=1S/C27H41N5O5/c1-27(2,3)37-26(33)32-12-10-31(11-13-32)25-29-19-20-17-23(36-16-15-34-4)24(18-22(20)30-25)35-14-8-21-7-5-6-9-28-21/h17-19,21,28H,5-16H2,1-4H3. The van der Waals surface area contributed by atoms with Gasteiger partial charge in [0.2, 0.25) is 5.95 Å². The number of ether oxygens (including phenoxy) is 4. The Morgan fingerprint density at radius 3 is 2.51 bits per heavy atom. The van der Waals surface area contributed by atoms with Crippen molar-refractivity contribution < 1.29 is 23.7 Å². The molecule has 1 aromatic heterocycles. The van der Waals surface area contributed by atoms with E-state index in [1.807, 2.05) is 39.1 Å². The molecule has 1 aromatic carbocycles. The number of hydrogen-bond acceptors (Lipinski definition) is 9. The molecule has 10 heteroatoms. The van der Waals surface area contributed by atoms with Crippen LogP contribution in [-0.2, 0) is 9.47 Å². The van der Waals surface area contributed by atoms with Gasteiger partial charge in [-0.25, -0.2) is 14.8 Å². The van der Waals surface area contributed by atoms with Gasteiger partial charge in [-0.3, -0.25) is 0 Å². The molecule has 10 nitrogen and oxygen atoms in total. The first-order valence-electron chi connectivity index (χ1n) is 13.3. The topological polar surface area (TPSA) is 98.3 Å². The molecule has 1 atom stereocenters. The fourth-order valence-corrected chi connectivity index (χ4v) is 4.54. The minimum Gasteiger partial charge on any atom is -0.490 e. The predicted octanol–water partition coefficient (Wildman–Crippen LogP) is 3.62. The Hall–Kier alpha value is -2.85. The zero-order valence-electron chi connectivity index (χ0n) is 22.6. The highest BCUT2D eigenvalue weighted by Crippen LogP contribution is 2.33. The lowest BCUT2D eigenvalue weighted by atomic mass is 10.0. The summed E-state index contributed by atoms with van der Waals surface area (Å²) >= 11 is 0. The molecule has 3 heterocycles. The molecule has 2 aromatic rings. The SMILES string of the molecule is COCCOc1cc2cnc(N3CCN(C(=O)OC(C)(C)C)CC3)nc2cc1OCCC1CCCCN1. The monoisotopic (exact) mass is 515 g/mol. The maximum Gasteiger partial charge on any atom is 0.410 e. The highest BCUT2D eigenvalue weighted by atomic mass is 16.6. The molecule has 1 N–H and O–H groups in total.